The van der Waals surface area contributed by atoms with E-state index in [0.29, 0.717) is 23.4 Å². The van der Waals surface area contributed by atoms with E-state index in [-0.39, 0.29) is 5.92 Å². The van der Waals surface area contributed by atoms with Crippen LogP contribution in [0.15, 0.2) is 59.0 Å². The Balaban J connectivity index is 1.29. The predicted molar refractivity (Wildman–Crippen MR) is 114 cm³/mol. The van der Waals surface area contributed by atoms with Crippen molar-refractivity contribution in [2.45, 2.75) is 18.3 Å². The number of aromatic nitrogens is 1. The van der Waals surface area contributed by atoms with Crippen LogP contribution >= 0.6 is 11.6 Å². The highest BCUT2D eigenvalue weighted by atomic mass is 35.5. The van der Waals surface area contributed by atoms with E-state index in [1.54, 1.807) is 0 Å². The van der Waals surface area contributed by atoms with Gasteiger partial charge in [0.25, 0.3) is 0 Å². The molecule has 1 saturated carbocycles. The first kappa shape index (κ1) is 18.1. The van der Waals surface area contributed by atoms with Crippen LogP contribution in [0, 0.1) is 11.3 Å². The van der Waals surface area contributed by atoms with Gasteiger partial charge in [-0.05, 0) is 36.1 Å². The molecule has 146 valence electrons. The average molecular weight is 405 g/mol. The van der Waals surface area contributed by atoms with E-state index in [4.69, 9.17) is 16.0 Å². The van der Waals surface area contributed by atoms with Crippen molar-refractivity contribution in [1.82, 2.24) is 4.98 Å². The summed E-state index contributed by atoms with van der Waals surface area (Å²) in [5.41, 5.74) is 2.83. The van der Waals surface area contributed by atoms with Crippen LogP contribution in [0.4, 0.5) is 11.6 Å². The van der Waals surface area contributed by atoms with Gasteiger partial charge in [0.2, 0.25) is 17.5 Å². The monoisotopic (exact) mass is 404 g/mol. The molecule has 3 aromatic rings. The minimum atomic E-state index is 0.269. The van der Waals surface area contributed by atoms with Gasteiger partial charge in [-0.1, -0.05) is 48.0 Å². The van der Waals surface area contributed by atoms with E-state index in [1.807, 2.05) is 24.3 Å². The van der Waals surface area contributed by atoms with Gasteiger partial charge < -0.3 is 14.2 Å². The molecule has 2 fully saturated rings. The van der Waals surface area contributed by atoms with E-state index in [0.717, 1.165) is 43.3 Å². The second-order valence-electron chi connectivity index (χ2n) is 7.63. The number of piperazine rings is 1. The SMILES string of the molecule is N#Cc1nc([C@@H]2C[C@H]2c2ccccc2)oc1N1CCN(c2cccc(Cl)c2)CC1. The Morgan fingerprint density at radius 1 is 0.966 bits per heavy atom. The van der Waals surface area contributed by atoms with Gasteiger partial charge in [0.15, 0.2) is 0 Å². The van der Waals surface area contributed by atoms with Crippen LogP contribution in [0.25, 0.3) is 0 Å². The normalized spacial score (nSPS) is 21.1. The van der Waals surface area contributed by atoms with Gasteiger partial charge in [-0.25, -0.2) is 4.98 Å². The molecule has 2 aliphatic rings. The molecule has 2 aromatic carbocycles. The molecule has 5 nitrogen and oxygen atoms in total. The first-order valence-electron chi connectivity index (χ1n) is 9.94. The first-order chi connectivity index (χ1) is 14.2. The maximum Gasteiger partial charge on any atom is 0.234 e. The van der Waals surface area contributed by atoms with Crippen molar-refractivity contribution in [2.75, 3.05) is 36.0 Å². The molecule has 1 aromatic heterocycles. The Kier molecular flexibility index (Phi) is 4.65. The van der Waals surface area contributed by atoms with E-state index < -0.39 is 0 Å². The molecule has 1 aliphatic carbocycles. The van der Waals surface area contributed by atoms with Gasteiger partial charge in [-0.2, -0.15) is 5.26 Å². The molecule has 29 heavy (non-hydrogen) atoms. The van der Waals surface area contributed by atoms with Gasteiger partial charge in [-0.15, -0.1) is 0 Å². The minimum absolute atomic E-state index is 0.269. The smallest absolute Gasteiger partial charge is 0.234 e. The van der Waals surface area contributed by atoms with Gasteiger partial charge >= 0.3 is 0 Å². The number of nitrogens with zero attached hydrogens (tertiary/aromatic N) is 4. The van der Waals surface area contributed by atoms with Crippen molar-refractivity contribution in [3.05, 3.63) is 76.8 Å². The third-order valence-corrected chi connectivity index (χ3v) is 6.04. The number of oxazole rings is 1. The van der Waals surface area contributed by atoms with Gasteiger partial charge in [0, 0.05) is 42.8 Å². The number of hydrogen-bond donors (Lipinski definition) is 0. The lowest BCUT2D eigenvalue weighted by atomic mass is 10.1. The van der Waals surface area contributed by atoms with Crippen LogP contribution in [0.1, 0.15) is 35.4 Å². The minimum Gasteiger partial charge on any atom is -0.423 e. The van der Waals surface area contributed by atoms with Crippen LogP contribution in [0.2, 0.25) is 5.02 Å². The molecular formula is C23H21ClN4O. The summed E-state index contributed by atoms with van der Waals surface area (Å²) in [6, 6.07) is 20.6. The lowest BCUT2D eigenvalue weighted by Gasteiger charge is -2.36. The average Bonchev–Trinajstić information content (AvgIpc) is 3.46. The summed E-state index contributed by atoms with van der Waals surface area (Å²) in [5, 5.41) is 10.3. The molecule has 0 unspecified atom stereocenters. The molecule has 1 aliphatic heterocycles. The summed E-state index contributed by atoms with van der Waals surface area (Å²) in [4.78, 5) is 8.97. The molecule has 0 bridgehead atoms. The zero-order chi connectivity index (χ0) is 19.8. The van der Waals surface area contributed by atoms with Crippen molar-refractivity contribution in [2.24, 2.45) is 0 Å². The van der Waals surface area contributed by atoms with E-state index in [9.17, 15) is 5.26 Å². The maximum atomic E-state index is 9.58. The molecule has 2 atom stereocenters. The van der Waals surface area contributed by atoms with E-state index in [1.165, 1.54) is 5.56 Å². The molecule has 0 amide bonds. The van der Waals surface area contributed by atoms with Crippen molar-refractivity contribution < 1.29 is 4.42 Å². The van der Waals surface area contributed by atoms with E-state index in [2.05, 4.69) is 51.2 Å². The third kappa shape index (κ3) is 3.56. The standard InChI is InChI=1S/C23H21ClN4O/c24-17-7-4-8-18(13-17)27-9-11-28(12-10-27)23-21(15-25)26-22(29-23)20-14-19(20)16-5-2-1-3-6-16/h1-8,13,19-20H,9-12,14H2/t19-,20+/m0/s1. The molecular weight excluding hydrogens is 384 g/mol. The largest absolute Gasteiger partial charge is 0.423 e. The topological polar surface area (TPSA) is 56.3 Å². The molecule has 0 spiro atoms. The highest BCUT2D eigenvalue weighted by molar-refractivity contribution is 6.30. The van der Waals surface area contributed by atoms with Crippen molar-refractivity contribution in [3.63, 3.8) is 0 Å². The van der Waals surface area contributed by atoms with Crippen molar-refractivity contribution in [3.8, 4) is 6.07 Å². The van der Waals surface area contributed by atoms with Crippen LogP contribution in [-0.4, -0.2) is 31.2 Å². The lowest BCUT2D eigenvalue weighted by Crippen LogP contribution is -2.46. The summed E-state index contributed by atoms with van der Waals surface area (Å²) in [7, 11) is 0. The molecule has 0 N–H and O–H groups in total. The third-order valence-electron chi connectivity index (χ3n) is 5.81. The van der Waals surface area contributed by atoms with Gasteiger partial charge in [-0.3, -0.25) is 0 Å². The summed E-state index contributed by atoms with van der Waals surface area (Å²) in [6.45, 7) is 3.25. The zero-order valence-electron chi connectivity index (χ0n) is 16.0. The highest BCUT2D eigenvalue weighted by Crippen LogP contribution is 2.54. The van der Waals surface area contributed by atoms with Crippen LogP contribution < -0.4 is 9.80 Å². The summed E-state index contributed by atoms with van der Waals surface area (Å²) in [6.07, 6.45) is 1.03. The predicted octanol–water partition coefficient (Wildman–Crippen LogP) is 4.80. The number of halogens is 1. The Morgan fingerprint density at radius 2 is 1.72 bits per heavy atom. The van der Waals surface area contributed by atoms with Crippen LogP contribution in [0.3, 0.4) is 0 Å². The van der Waals surface area contributed by atoms with Gasteiger partial charge in [0.1, 0.15) is 6.07 Å². The van der Waals surface area contributed by atoms with Crippen LogP contribution in [-0.2, 0) is 0 Å². The Hall–Kier alpha value is -2.97. The summed E-state index contributed by atoms with van der Waals surface area (Å²) < 4.78 is 6.13. The highest BCUT2D eigenvalue weighted by Gasteiger charge is 2.44. The molecule has 0 radical (unpaired) electrons. The fourth-order valence-corrected chi connectivity index (χ4v) is 4.34. The molecule has 5 rings (SSSR count). The lowest BCUT2D eigenvalue weighted by molar-refractivity contribution is 0.476. The molecule has 6 heteroatoms. The van der Waals surface area contributed by atoms with Crippen molar-refractivity contribution >= 4 is 23.2 Å². The molecule has 1 saturated heterocycles. The Morgan fingerprint density at radius 3 is 2.45 bits per heavy atom. The maximum absolute atomic E-state index is 9.58. The quantitative estimate of drug-likeness (QED) is 0.625. The second kappa shape index (κ2) is 7.46. The van der Waals surface area contributed by atoms with Gasteiger partial charge in [0.05, 0.1) is 0 Å². The molecule has 2 heterocycles. The fourth-order valence-electron chi connectivity index (χ4n) is 4.15. The second-order valence-corrected chi connectivity index (χ2v) is 8.07. The fraction of sp³-hybridized carbons (Fsp3) is 0.304. The number of benzene rings is 2. The first-order valence-corrected chi connectivity index (χ1v) is 10.3. The summed E-state index contributed by atoms with van der Waals surface area (Å²) in [5.74, 6) is 2.02. The zero-order valence-corrected chi connectivity index (χ0v) is 16.7. The summed E-state index contributed by atoms with van der Waals surface area (Å²) >= 11 is 6.13. The Labute approximate surface area is 175 Å². The van der Waals surface area contributed by atoms with Crippen molar-refractivity contribution in [1.29, 1.82) is 5.26 Å². The van der Waals surface area contributed by atoms with E-state index >= 15 is 0 Å². The van der Waals surface area contributed by atoms with Crippen LogP contribution in [0.5, 0.6) is 0 Å². The Bertz CT molecular complexity index is 1050. The number of anilines is 2. The number of nitriles is 1. The number of rotatable bonds is 4. The number of hydrogen-bond acceptors (Lipinski definition) is 5.